The van der Waals surface area contributed by atoms with Crippen molar-refractivity contribution in [1.29, 1.82) is 0 Å². The number of aromatic nitrogens is 1. The summed E-state index contributed by atoms with van der Waals surface area (Å²) in [5, 5.41) is 17.8. The molecule has 0 radical (unpaired) electrons. The van der Waals surface area contributed by atoms with Gasteiger partial charge in [-0.3, -0.25) is 29.0 Å². The third-order valence-corrected chi connectivity index (χ3v) is 6.74. The van der Waals surface area contributed by atoms with Crippen LogP contribution in [0.2, 0.25) is 0 Å². The first-order valence-corrected chi connectivity index (χ1v) is 14.7. The largest absolute Gasteiger partial charge is 0.344 e. The number of carbonyl (C=O) groups is 4. The molecule has 4 amide bonds. The normalized spacial score (nSPS) is 12.6. The summed E-state index contributed by atoms with van der Waals surface area (Å²) in [4.78, 5) is 70.9. The second-order valence-corrected chi connectivity index (χ2v) is 10.7. The number of nitrogens with zero attached hydrogens (tertiary/aromatic N) is 2. The Bertz CT molecular complexity index is 1200. The molecule has 1 aromatic carbocycles. The molecule has 0 fully saturated rings. The number of benzene rings is 1. The first kappa shape index (κ1) is 32.6. The van der Waals surface area contributed by atoms with Gasteiger partial charge in [0.25, 0.3) is 11.8 Å². The van der Waals surface area contributed by atoms with Gasteiger partial charge in [-0.15, -0.1) is 0 Å². The Morgan fingerprint density at radius 1 is 1.00 bits per heavy atom. The Labute approximate surface area is 232 Å². The van der Waals surface area contributed by atoms with Gasteiger partial charge < -0.3 is 25.7 Å². The second kappa shape index (κ2) is 15.8. The molecule has 1 heterocycles. The zero-order chi connectivity index (χ0) is 29.7. The minimum atomic E-state index is -4.38. The number of pyridine rings is 1. The van der Waals surface area contributed by atoms with Gasteiger partial charge in [-0.2, -0.15) is 0 Å². The van der Waals surface area contributed by atoms with Crippen LogP contribution in [0.1, 0.15) is 66.8 Å². The maximum absolute atomic E-state index is 12.9. The Morgan fingerprint density at radius 3 is 2.30 bits per heavy atom. The number of nitrogens with one attached hydrogen (secondary N) is 3. The summed E-state index contributed by atoms with van der Waals surface area (Å²) in [7, 11) is -4.38. The SMILES string of the molecule is CCCCC[C@@H](C(=O)NCNC(=O)c1cccc(-c2ccc(C(=O)NCP(=O)(O)O)cc2)n1)[C@@H](CC)N(O)C=O. The van der Waals surface area contributed by atoms with Crippen molar-refractivity contribution >= 4 is 31.7 Å². The summed E-state index contributed by atoms with van der Waals surface area (Å²) in [5.41, 5.74) is 1.32. The molecule has 13 nitrogen and oxygen atoms in total. The predicted molar refractivity (Wildman–Crippen MR) is 146 cm³/mol. The molecule has 14 heteroatoms. The van der Waals surface area contributed by atoms with Gasteiger partial charge in [-0.05, 0) is 37.1 Å². The first-order chi connectivity index (χ1) is 19.0. The highest BCUT2D eigenvalue weighted by atomic mass is 31.2. The van der Waals surface area contributed by atoms with E-state index in [0.717, 1.165) is 19.3 Å². The monoisotopic (exact) mass is 577 g/mol. The highest BCUT2D eigenvalue weighted by Gasteiger charge is 2.30. The second-order valence-electron chi connectivity index (χ2n) is 9.10. The third kappa shape index (κ3) is 10.2. The molecule has 40 heavy (non-hydrogen) atoms. The molecule has 0 bridgehead atoms. The lowest BCUT2D eigenvalue weighted by Crippen LogP contribution is -2.47. The number of hydrogen-bond donors (Lipinski definition) is 6. The molecule has 0 unspecified atom stereocenters. The van der Waals surface area contributed by atoms with Crippen molar-refractivity contribution in [2.45, 2.75) is 52.0 Å². The molecule has 0 aliphatic carbocycles. The molecule has 1 aromatic heterocycles. The van der Waals surface area contributed by atoms with Crippen LogP contribution in [0.3, 0.4) is 0 Å². The van der Waals surface area contributed by atoms with Crippen LogP contribution in [0.4, 0.5) is 0 Å². The summed E-state index contributed by atoms with van der Waals surface area (Å²) in [5.74, 6) is -2.22. The van der Waals surface area contributed by atoms with Gasteiger partial charge >= 0.3 is 7.60 Å². The van der Waals surface area contributed by atoms with E-state index in [0.29, 0.717) is 29.2 Å². The molecule has 0 saturated heterocycles. The summed E-state index contributed by atoms with van der Waals surface area (Å²) in [6, 6.07) is 10.2. The van der Waals surface area contributed by atoms with Gasteiger partial charge in [0, 0.05) is 11.1 Å². The standard InChI is InChI=1S/C26H36N5O8P/c1-3-5-6-8-20(23(4-2)31(36)17-32)25(34)27-15-28-26(35)22-10-7-9-21(30-22)18-11-13-19(14-12-18)24(33)29-16-40(37,38)39/h7,9-14,17,20,23,36H,3-6,8,15-16H2,1-2H3,(H,27,34)(H,28,35)(H,29,33)(H2,37,38,39)/t20-,23-/m1/s1. The van der Waals surface area contributed by atoms with E-state index in [-0.39, 0.29) is 24.3 Å². The van der Waals surface area contributed by atoms with E-state index in [1.165, 1.54) is 18.2 Å². The van der Waals surface area contributed by atoms with Crippen molar-refractivity contribution in [1.82, 2.24) is 26.0 Å². The quantitative estimate of drug-likeness (QED) is 0.0432. The van der Waals surface area contributed by atoms with Crippen LogP contribution in [-0.4, -0.2) is 68.2 Å². The number of hydroxylamine groups is 2. The van der Waals surface area contributed by atoms with E-state index < -0.39 is 43.6 Å². The molecule has 218 valence electrons. The summed E-state index contributed by atoms with van der Waals surface area (Å²) >= 11 is 0. The Balaban J connectivity index is 2.01. The molecule has 0 aliphatic heterocycles. The molecule has 2 atom stereocenters. The van der Waals surface area contributed by atoms with E-state index in [4.69, 9.17) is 9.79 Å². The average Bonchev–Trinajstić information content (AvgIpc) is 2.94. The van der Waals surface area contributed by atoms with Gasteiger partial charge in [-0.1, -0.05) is 51.3 Å². The van der Waals surface area contributed by atoms with E-state index in [9.17, 15) is 29.0 Å². The zero-order valence-corrected chi connectivity index (χ0v) is 23.3. The minimum absolute atomic E-state index is 0.0867. The summed E-state index contributed by atoms with van der Waals surface area (Å²) in [6.45, 7) is 3.61. The minimum Gasteiger partial charge on any atom is -0.340 e. The summed E-state index contributed by atoms with van der Waals surface area (Å²) < 4.78 is 10.9. The van der Waals surface area contributed by atoms with Crippen molar-refractivity contribution in [3.8, 4) is 11.3 Å². The van der Waals surface area contributed by atoms with Crippen LogP contribution in [0.15, 0.2) is 42.5 Å². The number of carbonyl (C=O) groups excluding carboxylic acids is 4. The lowest BCUT2D eigenvalue weighted by atomic mass is 9.90. The first-order valence-electron chi connectivity index (χ1n) is 12.9. The van der Waals surface area contributed by atoms with E-state index >= 15 is 0 Å². The van der Waals surface area contributed by atoms with Crippen molar-refractivity contribution < 1.29 is 38.7 Å². The number of unbranched alkanes of at least 4 members (excludes halogenated alkanes) is 2. The molecule has 0 aliphatic rings. The van der Waals surface area contributed by atoms with Crippen LogP contribution < -0.4 is 16.0 Å². The smallest absolute Gasteiger partial charge is 0.340 e. The highest BCUT2D eigenvalue weighted by Crippen LogP contribution is 2.32. The molecule has 0 spiro atoms. The number of rotatable bonds is 16. The van der Waals surface area contributed by atoms with Gasteiger partial charge in [0.2, 0.25) is 12.3 Å². The highest BCUT2D eigenvalue weighted by molar-refractivity contribution is 7.51. The molecule has 6 N–H and O–H groups in total. The van der Waals surface area contributed by atoms with E-state index in [1.54, 1.807) is 31.2 Å². The molecular formula is C26H36N5O8P. The zero-order valence-electron chi connectivity index (χ0n) is 22.4. The van der Waals surface area contributed by atoms with Crippen LogP contribution in [0.5, 0.6) is 0 Å². The third-order valence-electron chi connectivity index (χ3n) is 6.17. The van der Waals surface area contributed by atoms with Crippen LogP contribution >= 0.6 is 7.60 Å². The van der Waals surface area contributed by atoms with Crippen molar-refractivity contribution in [3.63, 3.8) is 0 Å². The van der Waals surface area contributed by atoms with Gasteiger partial charge in [0.05, 0.1) is 24.3 Å². The fraction of sp³-hybridized carbons (Fsp3) is 0.423. The summed E-state index contributed by atoms with van der Waals surface area (Å²) in [6.07, 6.45) is 2.96. The predicted octanol–water partition coefficient (Wildman–Crippen LogP) is 2.24. The fourth-order valence-corrected chi connectivity index (χ4v) is 4.42. The number of amides is 4. The number of hydrogen-bond acceptors (Lipinski definition) is 7. The Hall–Kier alpha value is -3.64. The van der Waals surface area contributed by atoms with Gasteiger partial charge in [0.15, 0.2) is 0 Å². The van der Waals surface area contributed by atoms with E-state index in [1.807, 2.05) is 6.92 Å². The van der Waals surface area contributed by atoms with E-state index in [2.05, 4.69) is 20.9 Å². The topological polar surface area (TPSA) is 198 Å². The van der Waals surface area contributed by atoms with Crippen LogP contribution in [-0.2, 0) is 14.2 Å². The maximum atomic E-state index is 12.9. The molecule has 2 aromatic rings. The van der Waals surface area contributed by atoms with Crippen molar-refractivity contribution in [2.24, 2.45) is 5.92 Å². The Morgan fingerprint density at radius 2 is 1.70 bits per heavy atom. The van der Waals surface area contributed by atoms with Crippen LogP contribution in [0.25, 0.3) is 11.3 Å². The van der Waals surface area contributed by atoms with Gasteiger partial charge in [0.1, 0.15) is 12.0 Å². The van der Waals surface area contributed by atoms with Gasteiger partial charge in [-0.25, -0.2) is 10.0 Å². The molecule has 0 saturated carbocycles. The van der Waals surface area contributed by atoms with Crippen molar-refractivity contribution in [2.75, 3.05) is 13.0 Å². The van der Waals surface area contributed by atoms with Crippen LogP contribution in [0, 0.1) is 5.92 Å². The lowest BCUT2D eigenvalue weighted by molar-refractivity contribution is -0.168. The van der Waals surface area contributed by atoms with Crippen molar-refractivity contribution in [3.05, 3.63) is 53.7 Å². The Kier molecular flexibility index (Phi) is 12.9. The average molecular weight is 578 g/mol. The fourth-order valence-electron chi connectivity index (χ4n) is 4.07. The molecular weight excluding hydrogens is 541 g/mol. The molecule has 2 rings (SSSR count). The lowest BCUT2D eigenvalue weighted by Gasteiger charge is -2.29. The maximum Gasteiger partial charge on any atom is 0.344 e.